The van der Waals surface area contributed by atoms with E-state index in [2.05, 4.69) is 5.32 Å². The van der Waals surface area contributed by atoms with Crippen LogP contribution in [0.15, 0.2) is 18.2 Å². The maximum Gasteiger partial charge on any atom is 0.491 e. The van der Waals surface area contributed by atoms with Crippen LogP contribution in [-0.2, 0) is 16.1 Å². The Morgan fingerprint density at radius 2 is 2.44 bits per heavy atom. The van der Waals surface area contributed by atoms with Gasteiger partial charge in [0.1, 0.15) is 5.75 Å². The molecule has 0 fully saturated rings. The molecule has 0 spiro atoms. The highest BCUT2D eigenvalue weighted by atomic mass is 16.5. The Morgan fingerprint density at radius 1 is 1.61 bits per heavy atom. The minimum atomic E-state index is -0.891. The highest BCUT2D eigenvalue weighted by molar-refractivity contribution is 6.61. The quantitative estimate of drug-likeness (QED) is 0.710. The molecule has 1 aliphatic rings. The third-order valence-electron chi connectivity index (χ3n) is 2.72. The van der Waals surface area contributed by atoms with Gasteiger partial charge in [-0.2, -0.15) is 0 Å². The van der Waals surface area contributed by atoms with E-state index < -0.39 is 7.12 Å². The van der Waals surface area contributed by atoms with Crippen LogP contribution in [0.1, 0.15) is 18.9 Å². The lowest BCUT2D eigenvalue weighted by molar-refractivity contribution is -0.123. The molecule has 2 N–H and O–H groups in total. The summed E-state index contributed by atoms with van der Waals surface area (Å²) in [5, 5.41) is 12.3. The van der Waals surface area contributed by atoms with Gasteiger partial charge in [-0.05, 0) is 29.6 Å². The zero-order valence-corrected chi connectivity index (χ0v) is 10.3. The topological polar surface area (TPSA) is 67.8 Å². The first-order valence-corrected chi connectivity index (χ1v) is 6.02. The SMILES string of the molecule is CCCNC(=O)COc1ccc2c(c1)B(O)OC2. The molecule has 5 nitrogen and oxygen atoms in total. The number of carbonyl (C=O) groups excluding carboxylic acids is 1. The van der Waals surface area contributed by atoms with Crippen LogP contribution >= 0.6 is 0 Å². The molecule has 6 heteroatoms. The summed E-state index contributed by atoms with van der Waals surface area (Å²) in [6.07, 6.45) is 0.897. The third kappa shape index (κ3) is 3.03. The minimum absolute atomic E-state index is 0.0181. The van der Waals surface area contributed by atoms with Gasteiger partial charge >= 0.3 is 7.12 Å². The van der Waals surface area contributed by atoms with E-state index in [0.29, 0.717) is 24.4 Å². The molecular weight excluding hydrogens is 233 g/mol. The van der Waals surface area contributed by atoms with Gasteiger partial charge in [-0.3, -0.25) is 4.79 Å². The molecule has 1 aromatic rings. The number of carbonyl (C=O) groups is 1. The Labute approximate surface area is 106 Å². The highest BCUT2D eigenvalue weighted by Crippen LogP contribution is 2.16. The molecule has 0 aliphatic carbocycles. The Hall–Kier alpha value is -1.53. The van der Waals surface area contributed by atoms with Crippen LogP contribution in [0.25, 0.3) is 0 Å². The van der Waals surface area contributed by atoms with E-state index >= 15 is 0 Å². The van der Waals surface area contributed by atoms with E-state index in [1.54, 1.807) is 12.1 Å². The molecule has 0 bridgehead atoms. The van der Waals surface area contributed by atoms with Crippen molar-refractivity contribution in [2.75, 3.05) is 13.2 Å². The molecule has 18 heavy (non-hydrogen) atoms. The van der Waals surface area contributed by atoms with E-state index in [-0.39, 0.29) is 12.5 Å². The maximum absolute atomic E-state index is 11.4. The van der Waals surface area contributed by atoms with Gasteiger partial charge in [-0.1, -0.05) is 13.0 Å². The summed E-state index contributed by atoms with van der Waals surface area (Å²) < 4.78 is 10.4. The average molecular weight is 249 g/mol. The number of amides is 1. The molecule has 0 aromatic heterocycles. The van der Waals surface area contributed by atoms with Crippen molar-refractivity contribution in [2.45, 2.75) is 20.0 Å². The Bertz CT molecular complexity index is 438. The van der Waals surface area contributed by atoms with Gasteiger partial charge in [-0.15, -0.1) is 0 Å². The van der Waals surface area contributed by atoms with Gasteiger partial charge in [0.25, 0.3) is 5.91 Å². The van der Waals surface area contributed by atoms with Crippen LogP contribution in [0.4, 0.5) is 0 Å². The van der Waals surface area contributed by atoms with E-state index in [9.17, 15) is 9.82 Å². The lowest BCUT2D eigenvalue weighted by atomic mass is 9.79. The first-order chi connectivity index (χ1) is 8.70. The van der Waals surface area contributed by atoms with Gasteiger partial charge < -0.3 is 19.7 Å². The van der Waals surface area contributed by atoms with Crippen LogP contribution in [0.2, 0.25) is 0 Å². The van der Waals surface area contributed by atoms with Gasteiger partial charge in [0, 0.05) is 6.54 Å². The van der Waals surface area contributed by atoms with Crippen molar-refractivity contribution in [3.63, 3.8) is 0 Å². The van der Waals surface area contributed by atoms with E-state index in [4.69, 9.17) is 9.39 Å². The molecule has 0 saturated heterocycles. The molecule has 1 aromatic carbocycles. The molecule has 0 atom stereocenters. The van der Waals surface area contributed by atoms with Gasteiger partial charge in [0.05, 0.1) is 6.61 Å². The predicted octanol–water partition coefficient (Wildman–Crippen LogP) is -0.191. The summed E-state index contributed by atoms with van der Waals surface area (Å²) in [6, 6.07) is 5.32. The predicted molar refractivity (Wildman–Crippen MR) is 67.6 cm³/mol. The van der Waals surface area contributed by atoms with E-state index in [1.165, 1.54) is 0 Å². The average Bonchev–Trinajstić information content (AvgIpc) is 2.75. The number of hydrogen-bond donors (Lipinski definition) is 2. The standard InChI is InChI=1S/C12H16BNO4/c1-2-5-14-12(15)8-17-10-4-3-9-7-18-13(16)11(9)6-10/h3-4,6,16H,2,5,7-8H2,1H3,(H,14,15). The van der Waals surface area contributed by atoms with E-state index in [1.807, 2.05) is 13.0 Å². The van der Waals surface area contributed by atoms with Crippen LogP contribution in [0.5, 0.6) is 5.75 Å². The summed E-state index contributed by atoms with van der Waals surface area (Å²) >= 11 is 0. The fourth-order valence-corrected chi connectivity index (χ4v) is 1.75. The number of benzene rings is 1. The first kappa shape index (κ1) is 12.9. The lowest BCUT2D eigenvalue weighted by Crippen LogP contribution is -2.30. The van der Waals surface area contributed by atoms with Crippen molar-refractivity contribution in [1.29, 1.82) is 0 Å². The normalized spacial score (nSPS) is 13.3. The third-order valence-corrected chi connectivity index (χ3v) is 2.72. The molecule has 1 aliphatic heterocycles. The molecule has 96 valence electrons. The highest BCUT2D eigenvalue weighted by Gasteiger charge is 2.27. The molecule has 0 unspecified atom stereocenters. The largest absolute Gasteiger partial charge is 0.491 e. The second kappa shape index (κ2) is 5.88. The lowest BCUT2D eigenvalue weighted by Gasteiger charge is -2.08. The summed E-state index contributed by atoms with van der Waals surface area (Å²) in [5.74, 6) is 0.416. The first-order valence-electron chi connectivity index (χ1n) is 6.02. The fraction of sp³-hybridized carbons (Fsp3) is 0.417. The summed E-state index contributed by atoms with van der Waals surface area (Å²) in [4.78, 5) is 11.4. The molecule has 1 amide bonds. The number of rotatable bonds is 5. The van der Waals surface area contributed by atoms with Crippen molar-refractivity contribution in [3.05, 3.63) is 23.8 Å². The maximum atomic E-state index is 11.4. The minimum Gasteiger partial charge on any atom is -0.484 e. The second-order valence-electron chi connectivity index (χ2n) is 4.16. The summed E-state index contributed by atoms with van der Waals surface area (Å²) in [7, 11) is -0.891. The summed E-state index contributed by atoms with van der Waals surface area (Å²) in [6.45, 7) is 3.03. The van der Waals surface area contributed by atoms with Gasteiger partial charge in [0.2, 0.25) is 0 Å². The monoisotopic (exact) mass is 249 g/mol. The number of hydrogen-bond acceptors (Lipinski definition) is 4. The number of ether oxygens (including phenoxy) is 1. The molecule has 0 radical (unpaired) electrons. The van der Waals surface area contributed by atoms with Crippen molar-refractivity contribution in [1.82, 2.24) is 5.32 Å². The molecular formula is C12H16BNO4. The molecule has 1 heterocycles. The Balaban J connectivity index is 1.91. The fourth-order valence-electron chi connectivity index (χ4n) is 1.75. The molecule has 2 rings (SSSR count). The van der Waals surface area contributed by atoms with E-state index in [0.717, 1.165) is 12.0 Å². The number of nitrogens with one attached hydrogen (secondary N) is 1. The zero-order valence-electron chi connectivity index (χ0n) is 10.3. The Morgan fingerprint density at radius 3 is 3.22 bits per heavy atom. The zero-order chi connectivity index (χ0) is 13.0. The smallest absolute Gasteiger partial charge is 0.484 e. The van der Waals surface area contributed by atoms with Crippen LogP contribution in [-0.4, -0.2) is 31.2 Å². The van der Waals surface area contributed by atoms with Crippen molar-refractivity contribution in [3.8, 4) is 5.75 Å². The van der Waals surface area contributed by atoms with Crippen LogP contribution < -0.4 is 15.5 Å². The van der Waals surface area contributed by atoms with Gasteiger partial charge in [0.15, 0.2) is 6.61 Å². The van der Waals surface area contributed by atoms with Crippen molar-refractivity contribution < 1.29 is 19.2 Å². The van der Waals surface area contributed by atoms with Crippen molar-refractivity contribution >= 4 is 18.5 Å². The Kier molecular flexibility index (Phi) is 4.22. The summed E-state index contributed by atoms with van der Waals surface area (Å²) in [5.41, 5.74) is 1.66. The van der Waals surface area contributed by atoms with Crippen LogP contribution in [0.3, 0.4) is 0 Å². The molecule has 0 saturated carbocycles. The van der Waals surface area contributed by atoms with Gasteiger partial charge in [-0.25, -0.2) is 0 Å². The number of fused-ring (bicyclic) bond motifs is 1. The van der Waals surface area contributed by atoms with Crippen LogP contribution in [0, 0.1) is 0 Å². The second-order valence-corrected chi connectivity index (χ2v) is 4.16. The van der Waals surface area contributed by atoms with Crippen molar-refractivity contribution in [2.24, 2.45) is 0 Å².